The number of furan rings is 1. The van der Waals surface area contributed by atoms with Crippen LogP contribution in [0.3, 0.4) is 0 Å². The van der Waals surface area contributed by atoms with Crippen LogP contribution in [0.25, 0.3) is 0 Å². The summed E-state index contributed by atoms with van der Waals surface area (Å²) < 4.78 is 5.34. The summed E-state index contributed by atoms with van der Waals surface area (Å²) in [6.45, 7) is 4.59. The zero-order chi connectivity index (χ0) is 12.8. The molecule has 0 aliphatic heterocycles. The SMILES string of the molecule is CCN(Cc1ccnc(C#N)c1)Cc1ccco1. The van der Waals surface area contributed by atoms with Crippen molar-refractivity contribution in [2.45, 2.75) is 20.0 Å². The molecule has 0 amide bonds. The zero-order valence-corrected chi connectivity index (χ0v) is 10.3. The summed E-state index contributed by atoms with van der Waals surface area (Å²) in [5, 5.41) is 8.82. The fraction of sp³-hybridized carbons (Fsp3) is 0.286. The summed E-state index contributed by atoms with van der Waals surface area (Å²) in [7, 11) is 0. The van der Waals surface area contributed by atoms with Crippen molar-refractivity contribution in [3.05, 3.63) is 53.7 Å². The lowest BCUT2D eigenvalue weighted by atomic mass is 10.2. The quantitative estimate of drug-likeness (QED) is 0.807. The Morgan fingerprint density at radius 3 is 2.94 bits per heavy atom. The van der Waals surface area contributed by atoms with Crippen molar-refractivity contribution >= 4 is 0 Å². The molecule has 0 atom stereocenters. The van der Waals surface area contributed by atoms with E-state index < -0.39 is 0 Å². The normalized spacial score (nSPS) is 10.5. The molecular weight excluding hydrogens is 226 g/mol. The van der Waals surface area contributed by atoms with Crippen LogP contribution in [-0.2, 0) is 13.1 Å². The third kappa shape index (κ3) is 3.19. The Morgan fingerprint density at radius 2 is 2.28 bits per heavy atom. The highest BCUT2D eigenvalue weighted by atomic mass is 16.3. The van der Waals surface area contributed by atoms with Gasteiger partial charge in [-0.15, -0.1) is 0 Å². The number of aromatic nitrogens is 1. The van der Waals surface area contributed by atoms with Gasteiger partial charge in [-0.3, -0.25) is 4.90 Å². The van der Waals surface area contributed by atoms with Crippen LogP contribution in [0.1, 0.15) is 23.9 Å². The van der Waals surface area contributed by atoms with E-state index in [0.717, 1.165) is 31.0 Å². The van der Waals surface area contributed by atoms with Gasteiger partial charge >= 0.3 is 0 Å². The molecule has 0 saturated heterocycles. The maximum absolute atomic E-state index is 8.82. The second-order valence-corrected chi connectivity index (χ2v) is 4.04. The number of pyridine rings is 1. The summed E-state index contributed by atoms with van der Waals surface area (Å²) in [5.74, 6) is 0.950. The second kappa shape index (κ2) is 5.99. The molecule has 2 aromatic heterocycles. The highest BCUT2D eigenvalue weighted by Crippen LogP contribution is 2.10. The van der Waals surface area contributed by atoms with Gasteiger partial charge in [-0.25, -0.2) is 4.98 Å². The third-order valence-electron chi connectivity index (χ3n) is 2.75. The summed E-state index contributed by atoms with van der Waals surface area (Å²) in [6.07, 6.45) is 3.36. The molecule has 0 spiro atoms. The van der Waals surface area contributed by atoms with Crippen molar-refractivity contribution in [3.8, 4) is 6.07 Å². The Morgan fingerprint density at radius 1 is 1.39 bits per heavy atom. The molecule has 2 aromatic rings. The molecule has 0 saturated carbocycles. The molecule has 0 aliphatic carbocycles. The number of rotatable bonds is 5. The van der Waals surface area contributed by atoms with Crippen LogP contribution in [0.15, 0.2) is 41.1 Å². The number of hydrogen-bond acceptors (Lipinski definition) is 4. The first-order chi connectivity index (χ1) is 8.81. The first kappa shape index (κ1) is 12.3. The highest BCUT2D eigenvalue weighted by Gasteiger charge is 2.07. The van der Waals surface area contributed by atoms with Crippen LogP contribution < -0.4 is 0 Å². The molecule has 4 heteroatoms. The van der Waals surface area contributed by atoms with Gasteiger partial charge in [0.15, 0.2) is 0 Å². The number of hydrogen-bond donors (Lipinski definition) is 0. The van der Waals surface area contributed by atoms with Gasteiger partial charge in [-0.05, 0) is 36.4 Å². The predicted octanol–water partition coefficient (Wildman–Crippen LogP) is 2.57. The molecule has 0 fully saturated rings. The molecule has 4 nitrogen and oxygen atoms in total. The van der Waals surface area contributed by atoms with Gasteiger partial charge in [0, 0.05) is 12.7 Å². The number of nitrogens with zero attached hydrogens (tertiary/aromatic N) is 3. The standard InChI is InChI=1S/C14H15N3O/c1-2-17(11-14-4-3-7-18-14)10-12-5-6-16-13(8-12)9-15/h3-8H,2,10-11H2,1H3. The molecule has 0 N–H and O–H groups in total. The lowest BCUT2D eigenvalue weighted by molar-refractivity contribution is 0.247. The minimum atomic E-state index is 0.460. The van der Waals surface area contributed by atoms with Crippen molar-refractivity contribution in [1.82, 2.24) is 9.88 Å². The Hall–Kier alpha value is -2.12. The minimum Gasteiger partial charge on any atom is -0.468 e. The van der Waals surface area contributed by atoms with E-state index in [1.807, 2.05) is 24.3 Å². The first-order valence-corrected chi connectivity index (χ1v) is 5.91. The molecule has 0 aliphatic rings. The van der Waals surface area contributed by atoms with Gasteiger partial charge in [0.1, 0.15) is 17.5 Å². The smallest absolute Gasteiger partial charge is 0.140 e. The second-order valence-electron chi connectivity index (χ2n) is 4.04. The van der Waals surface area contributed by atoms with Crippen molar-refractivity contribution in [2.24, 2.45) is 0 Å². The monoisotopic (exact) mass is 241 g/mol. The van der Waals surface area contributed by atoms with Crippen molar-refractivity contribution in [3.63, 3.8) is 0 Å². The summed E-state index contributed by atoms with van der Waals surface area (Å²) in [5.41, 5.74) is 1.55. The molecule has 18 heavy (non-hydrogen) atoms. The average molecular weight is 241 g/mol. The van der Waals surface area contributed by atoms with E-state index in [0.29, 0.717) is 5.69 Å². The summed E-state index contributed by atoms with van der Waals surface area (Å²) in [6, 6.07) is 9.68. The van der Waals surface area contributed by atoms with Crippen LogP contribution in [-0.4, -0.2) is 16.4 Å². The molecule has 2 heterocycles. The molecule has 0 aromatic carbocycles. The molecule has 2 rings (SSSR count). The van der Waals surface area contributed by atoms with Crippen LogP contribution in [0.4, 0.5) is 0 Å². The lowest BCUT2D eigenvalue weighted by Crippen LogP contribution is -2.22. The average Bonchev–Trinajstić information content (AvgIpc) is 2.91. The molecule has 0 radical (unpaired) electrons. The Balaban J connectivity index is 2.03. The van der Waals surface area contributed by atoms with Crippen molar-refractivity contribution < 1.29 is 4.42 Å². The van der Waals surface area contributed by atoms with E-state index in [2.05, 4.69) is 22.9 Å². The fourth-order valence-electron chi connectivity index (χ4n) is 1.79. The van der Waals surface area contributed by atoms with Crippen LogP contribution in [0.2, 0.25) is 0 Å². The third-order valence-corrected chi connectivity index (χ3v) is 2.75. The van der Waals surface area contributed by atoms with Crippen molar-refractivity contribution in [2.75, 3.05) is 6.54 Å². The van der Waals surface area contributed by atoms with Crippen molar-refractivity contribution in [1.29, 1.82) is 5.26 Å². The van der Waals surface area contributed by atoms with E-state index in [1.54, 1.807) is 12.5 Å². The van der Waals surface area contributed by atoms with Gasteiger partial charge in [-0.1, -0.05) is 6.92 Å². The van der Waals surface area contributed by atoms with Gasteiger partial charge in [0.25, 0.3) is 0 Å². The van der Waals surface area contributed by atoms with Crippen LogP contribution in [0, 0.1) is 11.3 Å². The summed E-state index contributed by atoms with van der Waals surface area (Å²) in [4.78, 5) is 6.21. The van der Waals surface area contributed by atoms with Crippen LogP contribution >= 0.6 is 0 Å². The highest BCUT2D eigenvalue weighted by molar-refractivity contribution is 5.25. The zero-order valence-electron chi connectivity index (χ0n) is 10.3. The van der Waals surface area contributed by atoms with Crippen LogP contribution in [0.5, 0.6) is 0 Å². The molecule has 0 bridgehead atoms. The maximum Gasteiger partial charge on any atom is 0.140 e. The molecule has 0 unspecified atom stereocenters. The maximum atomic E-state index is 8.82. The van der Waals surface area contributed by atoms with Gasteiger partial charge in [0.05, 0.1) is 12.8 Å². The van der Waals surface area contributed by atoms with E-state index in [1.165, 1.54) is 0 Å². The van der Waals surface area contributed by atoms with E-state index in [-0.39, 0.29) is 0 Å². The van der Waals surface area contributed by atoms with Gasteiger partial charge < -0.3 is 4.42 Å². The number of nitriles is 1. The Kier molecular flexibility index (Phi) is 4.11. The van der Waals surface area contributed by atoms with Gasteiger partial charge in [-0.2, -0.15) is 5.26 Å². The van der Waals surface area contributed by atoms with Gasteiger partial charge in [0.2, 0.25) is 0 Å². The topological polar surface area (TPSA) is 53.1 Å². The van der Waals surface area contributed by atoms with E-state index >= 15 is 0 Å². The van der Waals surface area contributed by atoms with E-state index in [9.17, 15) is 0 Å². The minimum absolute atomic E-state index is 0.460. The summed E-state index contributed by atoms with van der Waals surface area (Å²) >= 11 is 0. The molecular formula is C14H15N3O. The largest absolute Gasteiger partial charge is 0.468 e. The first-order valence-electron chi connectivity index (χ1n) is 5.91. The predicted molar refractivity (Wildman–Crippen MR) is 67.4 cm³/mol. The Labute approximate surface area is 106 Å². The Bertz CT molecular complexity index is 528. The fourth-order valence-corrected chi connectivity index (χ4v) is 1.79. The van der Waals surface area contributed by atoms with E-state index in [4.69, 9.17) is 9.68 Å². The lowest BCUT2D eigenvalue weighted by Gasteiger charge is -2.19. The molecule has 92 valence electrons.